The van der Waals surface area contributed by atoms with E-state index in [4.69, 9.17) is 0 Å². The van der Waals surface area contributed by atoms with Gasteiger partial charge in [-0.3, -0.25) is 9.59 Å². The van der Waals surface area contributed by atoms with Crippen LogP contribution in [0.1, 0.15) is 44.9 Å². The minimum absolute atomic E-state index is 0.119. The Kier molecular flexibility index (Phi) is 4.71. The quantitative estimate of drug-likeness (QED) is 0.822. The molecule has 5 nitrogen and oxygen atoms in total. The molecule has 0 aromatic heterocycles. The van der Waals surface area contributed by atoms with Crippen molar-refractivity contribution < 1.29 is 9.59 Å². The third kappa shape index (κ3) is 2.87. The molecule has 22 heavy (non-hydrogen) atoms. The summed E-state index contributed by atoms with van der Waals surface area (Å²) in [5, 5.41) is 6.17. The maximum absolute atomic E-state index is 13.1. The Labute approximate surface area is 133 Å². The summed E-state index contributed by atoms with van der Waals surface area (Å²) in [5.74, 6) is 1.49. The molecule has 0 spiro atoms. The van der Waals surface area contributed by atoms with E-state index in [2.05, 4.69) is 15.5 Å². The molecule has 0 unspecified atom stereocenters. The predicted octanol–water partition coefficient (Wildman–Crippen LogP) is 1.14. The summed E-state index contributed by atoms with van der Waals surface area (Å²) in [6.07, 6.45) is 7.26. The molecule has 3 rings (SSSR count). The van der Waals surface area contributed by atoms with Crippen LogP contribution in [0.3, 0.4) is 0 Å². The fourth-order valence-electron chi connectivity index (χ4n) is 4.69. The highest BCUT2D eigenvalue weighted by Gasteiger charge is 2.51. The zero-order valence-electron chi connectivity index (χ0n) is 13.7. The lowest BCUT2D eigenvalue weighted by Gasteiger charge is -2.43. The number of carbonyl (C=O) groups is 2. The van der Waals surface area contributed by atoms with Crippen molar-refractivity contribution in [2.75, 3.05) is 33.2 Å². The van der Waals surface area contributed by atoms with Gasteiger partial charge in [-0.25, -0.2) is 0 Å². The van der Waals surface area contributed by atoms with Crippen LogP contribution >= 0.6 is 0 Å². The van der Waals surface area contributed by atoms with Crippen LogP contribution in [0.25, 0.3) is 0 Å². The van der Waals surface area contributed by atoms with E-state index in [1.54, 1.807) is 7.05 Å². The van der Waals surface area contributed by atoms with Crippen LogP contribution in [0.2, 0.25) is 0 Å². The third-order valence-electron chi connectivity index (χ3n) is 6.12. The largest absolute Gasteiger partial charge is 0.359 e. The Morgan fingerprint density at radius 3 is 2.73 bits per heavy atom. The number of amides is 2. The van der Waals surface area contributed by atoms with Gasteiger partial charge >= 0.3 is 0 Å². The summed E-state index contributed by atoms with van der Waals surface area (Å²) in [6.45, 7) is 3.54. The standard InChI is InChI=1S/C17H29N3O2/c1-18-15(21)10-13-5-8-20(9-6-13)16(22)17-7-3-2-4-14(17)11-19-12-17/h13-14,19H,2-12H2,1H3,(H,18,21)/t14-,17+/m0/s1. The van der Waals surface area contributed by atoms with E-state index in [1.807, 2.05) is 0 Å². The van der Waals surface area contributed by atoms with Crippen LogP contribution in [0.5, 0.6) is 0 Å². The molecule has 2 saturated heterocycles. The first kappa shape index (κ1) is 15.8. The van der Waals surface area contributed by atoms with Gasteiger partial charge in [-0.05, 0) is 44.1 Å². The zero-order valence-corrected chi connectivity index (χ0v) is 13.7. The Bertz CT molecular complexity index is 432. The number of carbonyl (C=O) groups excluding carboxylic acids is 2. The first-order valence-corrected chi connectivity index (χ1v) is 8.86. The molecule has 124 valence electrons. The first-order chi connectivity index (χ1) is 10.7. The molecular weight excluding hydrogens is 278 g/mol. The van der Waals surface area contributed by atoms with Crippen molar-refractivity contribution in [3.63, 3.8) is 0 Å². The van der Waals surface area contributed by atoms with Crippen LogP contribution < -0.4 is 10.6 Å². The van der Waals surface area contributed by atoms with E-state index in [-0.39, 0.29) is 11.3 Å². The number of likely N-dealkylation sites (tertiary alicyclic amines) is 1. The Morgan fingerprint density at radius 2 is 2.00 bits per heavy atom. The molecule has 0 bridgehead atoms. The van der Waals surface area contributed by atoms with Crippen molar-refractivity contribution in [2.24, 2.45) is 17.3 Å². The average molecular weight is 307 g/mol. The molecule has 2 amide bonds. The number of rotatable bonds is 3. The minimum Gasteiger partial charge on any atom is -0.359 e. The van der Waals surface area contributed by atoms with E-state index in [1.165, 1.54) is 19.3 Å². The Balaban J connectivity index is 1.59. The average Bonchev–Trinajstić information content (AvgIpc) is 3.00. The van der Waals surface area contributed by atoms with Gasteiger partial charge in [-0.15, -0.1) is 0 Å². The van der Waals surface area contributed by atoms with Gasteiger partial charge in [0.1, 0.15) is 0 Å². The number of nitrogens with one attached hydrogen (secondary N) is 2. The Morgan fingerprint density at radius 1 is 1.23 bits per heavy atom. The summed E-state index contributed by atoms with van der Waals surface area (Å²) >= 11 is 0. The molecule has 1 saturated carbocycles. The van der Waals surface area contributed by atoms with Crippen LogP contribution in [0.15, 0.2) is 0 Å². The first-order valence-electron chi connectivity index (χ1n) is 8.86. The molecule has 0 radical (unpaired) electrons. The van der Waals surface area contributed by atoms with Crippen LogP contribution in [-0.2, 0) is 9.59 Å². The van der Waals surface area contributed by atoms with Crippen LogP contribution in [0, 0.1) is 17.3 Å². The van der Waals surface area contributed by atoms with Gasteiger partial charge in [0, 0.05) is 33.1 Å². The topological polar surface area (TPSA) is 61.4 Å². The third-order valence-corrected chi connectivity index (χ3v) is 6.12. The second kappa shape index (κ2) is 6.57. The summed E-state index contributed by atoms with van der Waals surface area (Å²) in [4.78, 5) is 26.7. The number of fused-ring (bicyclic) bond motifs is 1. The maximum atomic E-state index is 13.1. The van der Waals surface area contributed by atoms with E-state index in [9.17, 15) is 9.59 Å². The highest BCUT2D eigenvalue weighted by molar-refractivity contribution is 5.84. The maximum Gasteiger partial charge on any atom is 0.230 e. The number of hydrogen-bond acceptors (Lipinski definition) is 3. The predicted molar refractivity (Wildman–Crippen MR) is 85.2 cm³/mol. The molecule has 2 aliphatic heterocycles. The smallest absolute Gasteiger partial charge is 0.230 e. The fourth-order valence-corrected chi connectivity index (χ4v) is 4.69. The second-order valence-corrected chi connectivity index (χ2v) is 7.34. The zero-order chi connectivity index (χ0) is 15.6. The van der Waals surface area contributed by atoms with Crippen molar-refractivity contribution in [1.82, 2.24) is 15.5 Å². The molecule has 0 aromatic rings. The van der Waals surface area contributed by atoms with Crippen LogP contribution in [-0.4, -0.2) is 49.9 Å². The molecular formula is C17H29N3O2. The number of hydrogen-bond donors (Lipinski definition) is 2. The van der Waals surface area contributed by atoms with E-state index in [0.29, 0.717) is 24.2 Å². The molecule has 0 aromatic carbocycles. The normalized spacial score (nSPS) is 32.6. The second-order valence-electron chi connectivity index (χ2n) is 7.34. The van der Waals surface area contributed by atoms with Crippen LogP contribution in [0.4, 0.5) is 0 Å². The summed E-state index contributed by atoms with van der Waals surface area (Å²) in [7, 11) is 1.69. The number of nitrogens with zero attached hydrogens (tertiary/aromatic N) is 1. The SMILES string of the molecule is CNC(=O)CC1CCN(C(=O)[C@@]23CCCC[C@H]2CNC3)CC1. The van der Waals surface area contributed by atoms with E-state index < -0.39 is 0 Å². The summed E-state index contributed by atoms with van der Waals surface area (Å²) in [5.41, 5.74) is -0.119. The summed E-state index contributed by atoms with van der Waals surface area (Å²) in [6, 6.07) is 0. The molecule has 5 heteroatoms. The van der Waals surface area contributed by atoms with Gasteiger partial charge in [0.25, 0.3) is 0 Å². The number of piperidine rings is 1. The van der Waals surface area contributed by atoms with Gasteiger partial charge in [0.2, 0.25) is 11.8 Å². The van der Waals surface area contributed by atoms with Gasteiger partial charge in [0.05, 0.1) is 5.41 Å². The lowest BCUT2D eigenvalue weighted by molar-refractivity contribution is -0.147. The van der Waals surface area contributed by atoms with E-state index in [0.717, 1.165) is 45.4 Å². The van der Waals surface area contributed by atoms with Gasteiger partial charge in [0.15, 0.2) is 0 Å². The fraction of sp³-hybridized carbons (Fsp3) is 0.882. The van der Waals surface area contributed by atoms with Crippen molar-refractivity contribution >= 4 is 11.8 Å². The highest BCUT2D eigenvalue weighted by atomic mass is 16.2. The van der Waals surface area contributed by atoms with Gasteiger partial charge in [-0.2, -0.15) is 0 Å². The Hall–Kier alpha value is -1.10. The van der Waals surface area contributed by atoms with E-state index >= 15 is 0 Å². The van der Waals surface area contributed by atoms with Crippen molar-refractivity contribution in [1.29, 1.82) is 0 Å². The highest BCUT2D eigenvalue weighted by Crippen LogP contribution is 2.45. The minimum atomic E-state index is -0.119. The van der Waals surface area contributed by atoms with Gasteiger partial charge < -0.3 is 15.5 Å². The van der Waals surface area contributed by atoms with Gasteiger partial charge in [-0.1, -0.05) is 12.8 Å². The molecule has 2 N–H and O–H groups in total. The molecule has 3 fully saturated rings. The van der Waals surface area contributed by atoms with Crippen molar-refractivity contribution in [3.8, 4) is 0 Å². The molecule has 1 aliphatic carbocycles. The summed E-state index contributed by atoms with van der Waals surface area (Å²) < 4.78 is 0. The van der Waals surface area contributed by atoms with Crippen molar-refractivity contribution in [2.45, 2.75) is 44.9 Å². The molecule has 3 aliphatic rings. The molecule has 2 atom stereocenters. The lowest BCUT2D eigenvalue weighted by atomic mass is 9.67. The monoisotopic (exact) mass is 307 g/mol. The van der Waals surface area contributed by atoms with Crippen molar-refractivity contribution in [3.05, 3.63) is 0 Å². The lowest BCUT2D eigenvalue weighted by Crippen LogP contribution is -2.52. The molecule has 2 heterocycles.